The van der Waals surface area contributed by atoms with Crippen LogP contribution in [0.25, 0.3) is 5.69 Å². The SMILES string of the molecule is O=C(O)CC(=O)Nc1ccccc1-n1cccn1. The van der Waals surface area contributed by atoms with Crippen molar-refractivity contribution in [2.24, 2.45) is 0 Å². The van der Waals surface area contributed by atoms with Crippen molar-refractivity contribution in [2.45, 2.75) is 6.42 Å². The third-order valence-electron chi connectivity index (χ3n) is 2.24. The Morgan fingerprint density at radius 3 is 2.72 bits per heavy atom. The van der Waals surface area contributed by atoms with Gasteiger partial charge in [0.2, 0.25) is 5.91 Å². The lowest BCUT2D eigenvalue weighted by atomic mass is 10.2. The average molecular weight is 245 g/mol. The molecular formula is C12H11N3O3. The fourth-order valence-electron chi connectivity index (χ4n) is 1.52. The number of anilines is 1. The molecule has 0 spiro atoms. The van der Waals surface area contributed by atoms with Crippen molar-refractivity contribution < 1.29 is 14.7 Å². The molecule has 0 fully saturated rings. The largest absolute Gasteiger partial charge is 0.481 e. The highest BCUT2D eigenvalue weighted by Crippen LogP contribution is 2.18. The molecule has 0 aliphatic rings. The van der Waals surface area contributed by atoms with Gasteiger partial charge in [0.1, 0.15) is 6.42 Å². The van der Waals surface area contributed by atoms with Gasteiger partial charge in [-0.05, 0) is 18.2 Å². The van der Waals surface area contributed by atoms with E-state index in [1.165, 1.54) is 0 Å². The maximum absolute atomic E-state index is 11.4. The second-order valence-electron chi connectivity index (χ2n) is 3.59. The van der Waals surface area contributed by atoms with E-state index in [4.69, 9.17) is 5.11 Å². The number of aromatic nitrogens is 2. The first-order valence-electron chi connectivity index (χ1n) is 5.27. The Labute approximate surface area is 103 Å². The Morgan fingerprint density at radius 1 is 1.28 bits per heavy atom. The number of rotatable bonds is 4. The molecule has 6 heteroatoms. The van der Waals surface area contributed by atoms with Crippen LogP contribution in [0.15, 0.2) is 42.7 Å². The zero-order chi connectivity index (χ0) is 13.0. The van der Waals surface area contributed by atoms with Crippen LogP contribution in [0.5, 0.6) is 0 Å². The van der Waals surface area contributed by atoms with Crippen molar-refractivity contribution in [3.05, 3.63) is 42.7 Å². The van der Waals surface area contributed by atoms with Crippen molar-refractivity contribution in [2.75, 3.05) is 5.32 Å². The van der Waals surface area contributed by atoms with Gasteiger partial charge in [-0.3, -0.25) is 9.59 Å². The number of amides is 1. The topological polar surface area (TPSA) is 84.2 Å². The minimum absolute atomic E-state index is 0.521. The Hall–Kier alpha value is -2.63. The number of carbonyl (C=O) groups is 2. The fourth-order valence-corrected chi connectivity index (χ4v) is 1.52. The van der Waals surface area contributed by atoms with Crippen molar-refractivity contribution in [3.63, 3.8) is 0 Å². The number of para-hydroxylation sites is 2. The van der Waals surface area contributed by atoms with Crippen LogP contribution in [0, 0.1) is 0 Å². The Kier molecular flexibility index (Phi) is 3.38. The van der Waals surface area contributed by atoms with Gasteiger partial charge in [0.05, 0.1) is 11.4 Å². The predicted molar refractivity (Wildman–Crippen MR) is 64.4 cm³/mol. The highest BCUT2D eigenvalue weighted by Gasteiger charge is 2.10. The third kappa shape index (κ3) is 2.73. The molecule has 0 saturated heterocycles. The van der Waals surface area contributed by atoms with Gasteiger partial charge in [-0.2, -0.15) is 5.10 Å². The molecule has 6 nitrogen and oxygen atoms in total. The van der Waals surface area contributed by atoms with Gasteiger partial charge in [0.15, 0.2) is 0 Å². The van der Waals surface area contributed by atoms with E-state index >= 15 is 0 Å². The molecule has 0 bridgehead atoms. The number of nitrogens with one attached hydrogen (secondary N) is 1. The lowest BCUT2D eigenvalue weighted by molar-refractivity contribution is -0.139. The quantitative estimate of drug-likeness (QED) is 0.795. The van der Waals surface area contributed by atoms with E-state index in [1.807, 2.05) is 6.07 Å². The lowest BCUT2D eigenvalue weighted by Crippen LogP contribution is -2.17. The summed E-state index contributed by atoms with van der Waals surface area (Å²) in [4.78, 5) is 21.9. The minimum atomic E-state index is -1.16. The summed E-state index contributed by atoms with van der Waals surface area (Å²) in [6.07, 6.45) is 2.80. The van der Waals surface area contributed by atoms with Crippen LogP contribution < -0.4 is 5.32 Å². The molecule has 0 unspecified atom stereocenters. The predicted octanol–water partition coefficient (Wildman–Crippen LogP) is 1.29. The van der Waals surface area contributed by atoms with Gasteiger partial charge in [-0.1, -0.05) is 12.1 Å². The van der Waals surface area contributed by atoms with Crippen LogP contribution in [0.1, 0.15) is 6.42 Å². The van der Waals surface area contributed by atoms with E-state index in [0.717, 1.165) is 0 Å². The summed E-state index contributed by atoms with van der Waals surface area (Å²) in [6.45, 7) is 0. The second-order valence-corrected chi connectivity index (χ2v) is 3.59. The summed E-state index contributed by atoms with van der Waals surface area (Å²) in [6, 6.07) is 8.79. The molecule has 1 aromatic carbocycles. The van der Waals surface area contributed by atoms with Gasteiger partial charge in [-0.15, -0.1) is 0 Å². The number of nitrogens with zero attached hydrogens (tertiary/aromatic N) is 2. The third-order valence-corrected chi connectivity index (χ3v) is 2.24. The molecule has 0 radical (unpaired) electrons. The number of hydrogen-bond acceptors (Lipinski definition) is 3. The lowest BCUT2D eigenvalue weighted by Gasteiger charge is -2.10. The monoisotopic (exact) mass is 245 g/mol. The fraction of sp³-hybridized carbons (Fsp3) is 0.0833. The first kappa shape index (κ1) is 11.8. The van der Waals surface area contributed by atoms with Crippen LogP contribution in [0.3, 0.4) is 0 Å². The number of aliphatic carboxylic acids is 1. The van der Waals surface area contributed by atoms with E-state index < -0.39 is 18.3 Å². The van der Waals surface area contributed by atoms with Gasteiger partial charge in [0, 0.05) is 12.4 Å². The van der Waals surface area contributed by atoms with Crippen LogP contribution in [-0.2, 0) is 9.59 Å². The maximum atomic E-state index is 11.4. The Balaban J connectivity index is 2.23. The maximum Gasteiger partial charge on any atom is 0.312 e. The number of carboxylic acids is 1. The zero-order valence-electron chi connectivity index (χ0n) is 9.41. The van der Waals surface area contributed by atoms with E-state index in [2.05, 4.69) is 10.4 Å². The molecule has 92 valence electrons. The van der Waals surface area contributed by atoms with Gasteiger partial charge >= 0.3 is 5.97 Å². The van der Waals surface area contributed by atoms with Crippen molar-refractivity contribution in [3.8, 4) is 5.69 Å². The summed E-state index contributed by atoms with van der Waals surface area (Å²) < 4.78 is 1.59. The average Bonchev–Trinajstić information content (AvgIpc) is 2.81. The number of benzene rings is 1. The summed E-state index contributed by atoms with van der Waals surface area (Å²) in [5.41, 5.74) is 1.20. The summed E-state index contributed by atoms with van der Waals surface area (Å²) >= 11 is 0. The summed E-state index contributed by atoms with van der Waals surface area (Å²) in [5.74, 6) is -1.73. The van der Waals surface area contributed by atoms with Crippen LogP contribution in [-0.4, -0.2) is 26.8 Å². The molecule has 2 N–H and O–H groups in total. The molecule has 1 heterocycles. The molecule has 0 aliphatic heterocycles. The molecule has 2 rings (SSSR count). The first-order chi connectivity index (χ1) is 8.66. The molecule has 18 heavy (non-hydrogen) atoms. The smallest absolute Gasteiger partial charge is 0.312 e. The minimum Gasteiger partial charge on any atom is -0.481 e. The molecule has 0 aliphatic carbocycles. The molecule has 2 aromatic rings. The molecule has 1 aromatic heterocycles. The van der Waals surface area contributed by atoms with Crippen molar-refractivity contribution in [1.29, 1.82) is 0 Å². The summed E-state index contributed by atoms with van der Waals surface area (Å²) in [7, 11) is 0. The van der Waals surface area contributed by atoms with E-state index in [9.17, 15) is 9.59 Å². The summed E-state index contributed by atoms with van der Waals surface area (Å²) in [5, 5.41) is 15.2. The Morgan fingerprint density at radius 2 is 2.06 bits per heavy atom. The van der Waals surface area contributed by atoms with Crippen molar-refractivity contribution >= 4 is 17.6 Å². The number of carbonyl (C=O) groups excluding carboxylic acids is 1. The van der Waals surface area contributed by atoms with Gasteiger partial charge in [-0.25, -0.2) is 4.68 Å². The standard InChI is InChI=1S/C12H11N3O3/c16-11(8-12(17)18)14-9-4-1-2-5-10(9)15-7-3-6-13-15/h1-7H,8H2,(H,14,16)(H,17,18). The number of hydrogen-bond donors (Lipinski definition) is 2. The molecule has 0 saturated carbocycles. The normalized spacial score (nSPS) is 10.0. The first-order valence-corrected chi connectivity index (χ1v) is 5.27. The highest BCUT2D eigenvalue weighted by molar-refractivity contribution is 6.02. The van der Waals surface area contributed by atoms with Crippen LogP contribution in [0.4, 0.5) is 5.69 Å². The molecule has 1 amide bonds. The van der Waals surface area contributed by atoms with E-state index in [1.54, 1.807) is 41.3 Å². The van der Waals surface area contributed by atoms with E-state index in [0.29, 0.717) is 11.4 Å². The second kappa shape index (κ2) is 5.13. The highest BCUT2D eigenvalue weighted by atomic mass is 16.4. The van der Waals surface area contributed by atoms with Gasteiger partial charge in [0.25, 0.3) is 0 Å². The zero-order valence-corrected chi connectivity index (χ0v) is 9.41. The molecular weight excluding hydrogens is 234 g/mol. The molecule has 0 atom stereocenters. The van der Waals surface area contributed by atoms with Crippen molar-refractivity contribution in [1.82, 2.24) is 9.78 Å². The number of carboxylic acid groups (broad SMARTS) is 1. The van der Waals surface area contributed by atoms with Crippen LogP contribution >= 0.6 is 0 Å². The van der Waals surface area contributed by atoms with Gasteiger partial charge < -0.3 is 10.4 Å². The van der Waals surface area contributed by atoms with Crippen LogP contribution in [0.2, 0.25) is 0 Å². The van der Waals surface area contributed by atoms with E-state index in [-0.39, 0.29) is 0 Å². The Bertz CT molecular complexity index is 564.